The van der Waals surface area contributed by atoms with E-state index < -0.39 is 11.6 Å². The van der Waals surface area contributed by atoms with Crippen LogP contribution >= 0.6 is 0 Å². The van der Waals surface area contributed by atoms with Gasteiger partial charge in [-0.1, -0.05) is 57.7 Å². The highest BCUT2D eigenvalue weighted by Gasteiger charge is 2.24. The third-order valence-electron chi connectivity index (χ3n) is 6.86. The number of nitrogens with one attached hydrogen (secondary N) is 2. The molecule has 6 heteroatoms. The lowest BCUT2D eigenvalue weighted by atomic mass is 9.83. The van der Waals surface area contributed by atoms with E-state index in [4.69, 9.17) is 10.5 Å². The summed E-state index contributed by atoms with van der Waals surface area (Å²) >= 11 is 0. The van der Waals surface area contributed by atoms with Crippen LogP contribution < -0.4 is 16.4 Å². The molecular formula is C33H55F2N3O. The zero-order valence-corrected chi connectivity index (χ0v) is 25.9. The Labute approximate surface area is 237 Å². The standard InChI is InChI=1S/C11H13F2N.C10H20N2.C7H12.C5H10O/c1-4-8(3)14-11-9(12)5-7(2)6-10(11)13;1-7(2)12-9-4-5-10(11)8(3)6-9;1-5-7(4)6(2)3;1-5-2-3-6-4-5/h5-6,14H,3-4H2,1-2H3;8-10,12H,1,4-6,11H2,2-3H3;5H,2H2,1,3-4H3;5H,2-4H2,1H3/b;;7-5-;. The smallest absolute Gasteiger partial charge is 0.149 e. The quantitative estimate of drug-likeness (QED) is 0.312. The van der Waals surface area contributed by atoms with Gasteiger partial charge in [-0.05, 0) is 96.3 Å². The number of rotatable bonds is 6. The summed E-state index contributed by atoms with van der Waals surface area (Å²) in [5.74, 6) is 0.301. The van der Waals surface area contributed by atoms with Crippen LogP contribution in [0.15, 0.2) is 60.5 Å². The van der Waals surface area contributed by atoms with Crippen LogP contribution in [0.5, 0.6) is 0 Å². The summed E-state index contributed by atoms with van der Waals surface area (Å²) in [6, 6.07) is 3.59. The van der Waals surface area contributed by atoms with E-state index in [1.54, 1.807) is 6.92 Å². The maximum Gasteiger partial charge on any atom is 0.149 e. The van der Waals surface area contributed by atoms with Crippen LogP contribution in [0, 0.1) is 30.4 Å². The third-order valence-corrected chi connectivity index (χ3v) is 6.86. The van der Waals surface area contributed by atoms with Gasteiger partial charge in [0.25, 0.3) is 0 Å². The first-order valence-corrected chi connectivity index (χ1v) is 14.2. The SMILES string of the molecule is C=C(C)/C(C)=C\C.C=C(C)NC1CCC(N)C(C)C1.C=C(CC)Nc1c(F)cc(C)cc1F.CC1CCOC1. The monoisotopic (exact) mass is 547 g/mol. The molecule has 3 rings (SSSR count). The van der Waals surface area contributed by atoms with Crippen LogP contribution in [0.2, 0.25) is 0 Å². The molecule has 1 saturated heterocycles. The number of allylic oxidation sites excluding steroid dienone is 5. The van der Waals surface area contributed by atoms with Crippen molar-refractivity contribution in [2.24, 2.45) is 17.6 Å². The second kappa shape index (κ2) is 19.6. The Morgan fingerprint density at radius 1 is 1.08 bits per heavy atom. The minimum atomic E-state index is -0.586. The lowest BCUT2D eigenvalue weighted by Crippen LogP contribution is -2.41. The third kappa shape index (κ3) is 16.3. The molecule has 1 aromatic carbocycles. The van der Waals surface area contributed by atoms with E-state index in [9.17, 15) is 8.78 Å². The minimum Gasteiger partial charge on any atom is -0.386 e. The van der Waals surface area contributed by atoms with E-state index in [0.717, 1.165) is 36.8 Å². The van der Waals surface area contributed by atoms with Crippen LogP contribution in [-0.2, 0) is 4.74 Å². The second-order valence-electron chi connectivity index (χ2n) is 11.0. The van der Waals surface area contributed by atoms with Gasteiger partial charge in [0.05, 0.1) is 0 Å². The normalized spacial score (nSPS) is 22.1. The zero-order valence-electron chi connectivity index (χ0n) is 25.9. The zero-order chi connectivity index (χ0) is 30.1. The Balaban J connectivity index is 0.000000522. The van der Waals surface area contributed by atoms with Gasteiger partial charge in [0.1, 0.15) is 17.3 Å². The molecule has 39 heavy (non-hydrogen) atoms. The van der Waals surface area contributed by atoms with Crippen molar-refractivity contribution in [2.45, 2.75) is 99.6 Å². The molecule has 0 bridgehead atoms. The van der Waals surface area contributed by atoms with Gasteiger partial charge in [-0.25, -0.2) is 8.78 Å². The molecular weight excluding hydrogens is 492 g/mol. The molecule has 4 atom stereocenters. The number of benzene rings is 1. The molecule has 4 nitrogen and oxygen atoms in total. The summed E-state index contributed by atoms with van der Waals surface area (Å²) in [6.45, 7) is 29.3. The van der Waals surface area contributed by atoms with E-state index in [2.05, 4.69) is 57.2 Å². The van der Waals surface area contributed by atoms with Crippen LogP contribution in [0.25, 0.3) is 0 Å². The van der Waals surface area contributed by atoms with Gasteiger partial charge in [-0.2, -0.15) is 0 Å². The van der Waals surface area contributed by atoms with Crippen molar-refractivity contribution in [3.8, 4) is 0 Å². The fourth-order valence-corrected chi connectivity index (χ4v) is 3.88. The number of anilines is 1. The largest absolute Gasteiger partial charge is 0.386 e. The Bertz CT molecular complexity index is 912. The first-order valence-electron chi connectivity index (χ1n) is 14.2. The van der Waals surface area contributed by atoms with Gasteiger partial charge < -0.3 is 21.1 Å². The number of halogens is 2. The lowest BCUT2D eigenvalue weighted by molar-refractivity contribution is 0.188. The van der Waals surface area contributed by atoms with Gasteiger partial charge in [-0.3, -0.25) is 0 Å². The molecule has 0 amide bonds. The van der Waals surface area contributed by atoms with Crippen molar-refractivity contribution in [3.05, 3.63) is 77.7 Å². The molecule has 222 valence electrons. The lowest BCUT2D eigenvalue weighted by Gasteiger charge is -2.32. The highest BCUT2D eigenvalue weighted by molar-refractivity contribution is 5.51. The predicted octanol–water partition coefficient (Wildman–Crippen LogP) is 8.81. The second-order valence-corrected chi connectivity index (χ2v) is 11.0. The fraction of sp³-hybridized carbons (Fsp3) is 0.576. The number of ether oxygens (including phenoxy) is 1. The average Bonchev–Trinajstić information content (AvgIpc) is 3.34. The highest BCUT2D eigenvalue weighted by Crippen LogP contribution is 2.23. The number of aryl methyl sites for hydroxylation is 1. The maximum absolute atomic E-state index is 13.3. The topological polar surface area (TPSA) is 59.3 Å². The van der Waals surface area contributed by atoms with Crippen molar-refractivity contribution in [1.82, 2.24) is 5.32 Å². The van der Waals surface area contributed by atoms with Crippen molar-refractivity contribution < 1.29 is 13.5 Å². The summed E-state index contributed by atoms with van der Waals surface area (Å²) in [7, 11) is 0. The summed E-state index contributed by atoms with van der Waals surface area (Å²) in [5.41, 5.74) is 10.5. The van der Waals surface area contributed by atoms with Gasteiger partial charge in [-0.15, -0.1) is 0 Å². The van der Waals surface area contributed by atoms with E-state index in [1.807, 2.05) is 27.7 Å². The summed E-state index contributed by atoms with van der Waals surface area (Å²) < 4.78 is 31.6. The van der Waals surface area contributed by atoms with E-state index in [1.165, 1.54) is 37.0 Å². The summed E-state index contributed by atoms with van der Waals surface area (Å²) in [6.07, 6.45) is 7.48. The molecule has 2 fully saturated rings. The van der Waals surface area contributed by atoms with Crippen molar-refractivity contribution >= 4 is 5.69 Å². The molecule has 1 heterocycles. The molecule has 4 N–H and O–H groups in total. The van der Waals surface area contributed by atoms with Gasteiger partial charge in [0.15, 0.2) is 0 Å². The van der Waals surface area contributed by atoms with Crippen LogP contribution in [0.1, 0.15) is 86.1 Å². The van der Waals surface area contributed by atoms with E-state index in [0.29, 0.717) is 35.7 Å². The van der Waals surface area contributed by atoms with Crippen LogP contribution in [-0.4, -0.2) is 25.3 Å². The van der Waals surface area contributed by atoms with Crippen LogP contribution in [0.3, 0.4) is 0 Å². The summed E-state index contributed by atoms with van der Waals surface area (Å²) in [5, 5.41) is 5.99. The van der Waals surface area contributed by atoms with Gasteiger partial charge in [0, 0.05) is 36.7 Å². The Morgan fingerprint density at radius 2 is 1.67 bits per heavy atom. The Morgan fingerprint density at radius 3 is 2.00 bits per heavy atom. The number of nitrogens with two attached hydrogens (primary N) is 1. The van der Waals surface area contributed by atoms with Crippen molar-refractivity contribution in [3.63, 3.8) is 0 Å². The number of hydrogen-bond donors (Lipinski definition) is 3. The molecule has 0 spiro atoms. The summed E-state index contributed by atoms with van der Waals surface area (Å²) in [4.78, 5) is 0. The Kier molecular flexibility index (Phi) is 18.4. The first kappa shape index (κ1) is 36.6. The van der Waals surface area contributed by atoms with Gasteiger partial charge >= 0.3 is 0 Å². The van der Waals surface area contributed by atoms with Crippen molar-refractivity contribution in [2.75, 3.05) is 18.5 Å². The molecule has 1 aliphatic carbocycles. The Hall–Kier alpha value is -2.44. The molecule has 4 unspecified atom stereocenters. The number of hydrogen-bond acceptors (Lipinski definition) is 4. The van der Waals surface area contributed by atoms with Gasteiger partial charge in [0.2, 0.25) is 0 Å². The maximum atomic E-state index is 13.3. The first-order chi connectivity index (χ1) is 18.2. The van der Waals surface area contributed by atoms with Crippen LogP contribution in [0.4, 0.5) is 14.5 Å². The molecule has 2 aliphatic rings. The minimum absolute atomic E-state index is 0.123. The predicted molar refractivity (Wildman–Crippen MR) is 166 cm³/mol. The van der Waals surface area contributed by atoms with E-state index in [-0.39, 0.29) is 5.69 Å². The fourth-order valence-electron chi connectivity index (χ4n) is 3.88. The highest BCUT2D eigenvalue weighted by atomic mass is 19.1. The molecule has 0 radical (unpaired) electrons. The molecule has 0 aromatic heterocycles. The average molecular weight is 548 g/mol. The van der Waals surface area contributed by atoms with Crippen molar-refractivity contribution in [1.29, 1.82) is 0 Å². The molecule has 1 aliphatic heterocycles. The van der Waals surface area contributed by atoms with E-state index >= 15 is 0 Å². The molecule has 1 saturated carbocycles. The molecule has 1 aromatic rings.